The molecule has 0 N–H and O–H groups in total. The molecule has 2 aliphatic rings. The van der Waals surface area contributed by atoms with Gasteiger partial charge >= 0.3 is 12.4 Å². The van der Waals surface area contributed by atoms with Crippen molar-refractivity contribution in [3.8, 4) is 5.75 Å². The fraction of sp³-hybridized carbons (Fsp3) is 0.286. The van der Waals surface area contributed by atoms with Crippen LogP contribution in [0.4, 0.5) is 26.3 Å². The van der Waals surface area contributed by atoms with Crippen LogP contribution >= 0.6 is 0 Å². The molecular weight excluding hydrogens is 466 g/mol. The van der Waals surface area contributed by atoms with Gasteiger partial charge in [0.05, 0.1) is 0 Å². The van der Waals surface area contributed by atoms with Gasteiger partial charge in [-0.3, -0.25) is 0 Å². The topological polar surface area (TPSA) is 9.23 Å². The van der Waals surface area contributed by atoms with E-state index in [0.29, 0.717) is 17.7 Å². The minimum absolute atomic E-state index is 0.117. The smallest absolute Gasteiger partial charge is 0.411 e. The van der Waals surface area contributed by atoms with Gasteiger partial charge < -0.3 is 4.74 Å². The fourth-order valence-electron chi connectivity index (χ4n) is 4.60. The van der Waals surface area contributed by atoms with Crippen LogP contribution < -0.4 is 4.74 Å². The Morgan fingerprint density at radius 3 is 2.00 bits per heavy atom. The van der Waals surface area contributed by atoms with E-state index in [1.54, 1.807) is 30.3 Å². The molecule has 1 nitrogen and oxygen atoms in total. The van der Waals surface area contributed by atoms with Crippen molar-refractivity contribution in [3.05, 3.63) is 114 Å². The van der Waals surface area contributed by atoms with Crippen LogP contribution in [0.2, 0.25) is 0 Å². The number of benzene rings is 2. The lowest BCUT2D eigenvalue weighted by molar-refractivity contribution is -0.289. The third-order valence-corrected chi connectivity index (χ3v) is 6.33. The first-order valence-electron chi connectivity index (χ1n) is 11.3. The van der Waals surface area contributed by atoms with Crippen molar-refractivity contribution in [3.63, 3.8) is 0 Å². The highest BCUT2D eigenvalue weighted by Crippen LogP contribution is 2.57. The highest BCUT2D eigenvalue weighted by Gasteiger charge is 2.73. The predicted molar refractivity (Wildman–Crippen MR) is 123 cm³/mol. The fourth-order valence-corrected chi connectivity index (χ4v) is 4.60. The Labute approximate surface area is 200 Å². The molecule has 0 saturated carbocycles. The van der Waals surface area contributed by atoms with Gasteiger partial charge in [0.15, 0.2) is 0 Å². The summed E-state index contributed by atoms with van der Waals surface area (Å²) in [5.41, 5.74) is -5.15. The number of allylic oxidation sites excluding steroid dienone is 6. The van der Waals surface area contributed by atoms with Crippen LogP contribution in [0.5, 0.6) is 5.75 Å². The Balaban J connectivity index is 1.65. The molecular formula is C28H24F6O. The number of alkyl halides is 6. The van der Waals surface area contributed by atoms with Gasteiger partial charge in [0.2, 0.25) is 5.41 Å². The van der Waals surface area contributed by atoms with E-state index in [1.807, 2.05) is 24.3 Å². The first-order valence-corrected chi connectivity index (χ1v) is 11.3. The van der Waals surface area contributed by atoms with Crippen molar-refractivity contribution in [1.82, 2.24) is 0 Å². The van der Waals surface area contributed by atoms with Crippen LogP contribution in [0.1, 0.15) is 24.0 Å². The molecule has 0 spiro atoms. The largest absolute Gasteiger partial charge is 0.486 e. The molecule has 4 rings (SSSR count). The third kappa shape index (κ3) is 5.09. The summed E-state index contributed by atoms with van der Waals surface area (Å²) >= 11 is 0. The van der Waals surface area contributed by atoms with E-state index in [9.17, 15) is 26.3 Å². The molecule has 0 fully saturated rings. The maximum Gasteiger partial charge on any atom is 0.411 e. The van der Waals surface area contributed by atoms with E-state index < -0.39 is 35.0 Å². The van der Waals surface area contributed by atoms with Crippen molar-refractivity contribution in [2.75, 3.05) is 0 Å². The zero-order valence-electron chi connectivity index (χ0n) is 18.7. The molecule has 2 aromatic carbocycles. The summed E-state index contributed by atoms with van der Waals surface area (Å²) in [6.45, 7) is 0. The molecule has 2 aliphatic carbocycles. The summed E-state index contributed by atoms with van der Waals surface area (Å²) in [6, 6.07) is 13.2. The second-order valence-electron chi connectivity index (χ2n) is 8.68. The van der Waals surface area contributed by atoms with Crippen LogP contribution in [0.15, 0.2) is 103 Å². The molecule has 2 aromatic rings. The van der Waals surface area contributed by atoms with Gasteiger partial charge in [-0.05, 0) is 53.7 Å². The van der Waals surface area contributed by atoms with Gasteiger partial charge in [-0.1, -0.05) is 78.9 Å². The second-order valence-corrected chi connectivity index (χ2v) is 8.68. The van der Waals surface area contributed by atoms with Gasteiger partial charge in [0.1, 0.15) is 11.9 Å². The van der Waals surface area contributed by atoms with Gasteiger partial charge in [0.25, 0.3) is 0 Å². The van der Waals surface area contributed by atoms with Gasteiger partial charge in [-0.15, -0.1) is 0 Å². The Hall–Kier alpha value is -3.22. The average Bonchev–Trinajstić information content (AvgIpc) is 2.81. The monoisotopic (exact) mass is 490 g/mol. The summed E-state index contributed by atoms with van der Waals surface area (Å²) in [7, 11) is 0. The summed E-state index contributed by atoms with van der Waals surface area (Å²) in [5.74, 6) is 0.641. The normalized spacial score (nSPS) is 20.6. The molecule has 0 saturated heterocycles. The molecule has 7 heteroatoms. The van der Waals surface area contributed by atoms with E-state index in [1.165, 1.54) is 18.2 Å². The van der Waals surface area contributed by atoms with E-state index >= 15 is 0 Å². The average molecular weight is 490 g/mol. The van der Waals surface area contributed by atoms with Crippen molar-refractivity contribution in [2.45, 2.75) is 43.1 Å². The van der Waals surface area contributed by atoms with E-state index in [-0.39, 0.29) is 12.3 Å². The first kappa shape index (κ1) is 24.9. The van der Waals surface area contributed by atoms with Gasteiger partial charge in [-0.25, -0.2) is 0 Å². The lowest BCUT2D eigenvalue weighted by Gasteiger charge is -2.40. The summed E-state index contributed by atoms with van der Waals surface area (Å²) in [5, 5.41) is 0. The molecule has 0 amide bonds. The van der Waals surface area contributed by atoms with Crippen LogP contribution in [-0.2, 0) is 11.8 Å². The van der Waals surface area contributed by atoms with Gasteiger partial charge in [-0.2, -0.15) is 26.3 Å². The van der Waals surface area contributed by atoms with Crippen LogP contribution in [0.3, 0.4) is 0 Å². The zero-order chi connectivity index (χ0) is 25.1. The molecule has 0 aromatic heterocycles. The van der Waals surface area contributed by atoms with Crippen molar-refractivity contribution < 1.29 is 31.1 Å². The Kier molecular flexibility index (Phi) is 6.97. The number of ether oxygens (including phenoxy) is 1. The summed E-state index contributed by atoms with van der Waals surface area (Å²) < 4.78 is 92.2. The maximum atomic E-state index is 14.4. The van der Waals surface area contributed by atoms with E-state index in [2.05, 4.69) is 0 Å². The highest BCUT2D eigenvalue weighted by atomic mass is 19.4. The third-order valence-electron chi connectivity index (χ3n) is 6.33. The minimum atomic E-state index is -5.60. The number of hydrogen-bond donors (Lipinski definition) is 0. The molecule has 0 radical (unpaired) electrons. The second kappa shape index (κ2) is 9.80. The first-order chi connectivity index (χ1) is 16.6. The Morgan fingerprint density at radius 1 is 0.771 bits per heavy atom. The van der Waals surface area contributed by atoms with E-state index in [4.69, 9.17) is 4.74 Å². The standard InChI is InChI=1S/C28H24F6O/c29-27(30,31)26(28(32,33)34,22-13-11-21(12-14-22)19-20-7-3-1-4-8-20)23-15-17-25(18-16-23)35-24-9-5-2-6-10-24/h1-7,9-17,20,25H,8,18-19H2. The Morgan fingerprint density at radius 2 is 1.46 bits per heavy atom. The Bertz CT molecular complexity index is 1110. The molecule has 0 aliphatic heterocycles. The van der Waals surface area contributed by atoms with Crippen LogP contribution in [-0.4, -0.2) is 18.5 Å². The number of para-hydroxylation sites is 1. The molecule has 35 heavy (non-hydrogen) atoms. The summed E-state index contributed by atoms with van der Waals surface area (Å²) in [4.78, 5) is 0. The zero-order valence-corrected chi connectivity index (χ0v) is 18.7. The van der Waals surface area contributed by atoms with E-state index in [0.717, 1.165) is 30.7 Å². The SMILES string of the molecule is FC(F)(F)C(C1=CCC(Oc2ccccc2)C=C1)(c1ccc(CC2C=CC=CC2)cc1)C(F)(F)F. The van der Waals surface area contributed by atoms with Crippen molar-refractivity contribution >= 4 is 0 Å². The highest BCUT2D eigenvalue weighted by molar-refractivity contribution is 5.48. The lowest BCUT2D eigenvalue weighted by atomic mass is 9.70. The number of rotatable bonds is 6. The number of hydrogen-bond acceptors (Lipinski definition) is 1. The summed E-state index contributed by atoms with van der Waals surface area (Å²) in [6.07, 6.45) is 0.208. The van der Waals surface area contributed by atoms with Crippen molar-refractivity contribution in [2.24, 2.45) is 5.92 Å². The maximum absolute atomic E-state index is 14.4. The quantitative estimate of drug-likeness (QED) is 0.372. The predicted octanol–water partition coefficient (Wildman–Crippen LogP) is 8.06. The molecule has 0 heterocycles. The van der Waals surface area contributed by atoms with Gasteiger partial charge in [0, 0.05) is 6.42 Å². The van der Waals surface area contributed by atoms with Crippen molar-refractivity contribution in [1.29, 1.82) is 0 Å². The molecule has 2 unspecified atom stereocenters. The molecule has 2 atom stereocenters. The molecule has 0 bridgehead atoms. The molecule has 184 valence electrons. The van der Waals surface area contributed by atoms with Crippen LogP contribution in [0, 0.1) is 5.92 Å². The number of halogens is 6. The lowest BCUT2D eigenvalue weighted by Crippen LogP contribution is -2.55. The van der Waals surface area contributed by atoms with Crippen LogP contribution in [0.25, 0.3) is 0 Å². The minimum Gasteiger partial charge on any atom is -0.486 e.